The number of rotatable bonds is 8. The Labute approximate surface area is 99.0 Å². The number of nitrogens with two attached hydrogens (primary N) is 1. The molecule has 0 aromatic heterocycles. The highest BCUT2D eigenvalue weighted by Crippen LogP contribution is 2.15. The number of hydrogen-bond acceptors (Lipinski definition) is 1. The number of quaternary nitrogens is 1. The maximum Gasteiger partial charge on any atom is 0.122 e. The Kier molecular flexibility index (Phi) is 6.66. The maximum absolute atomic E-state index is 5.72. The van der Waals surface area contributed by atoms with Crippen molar-refractivity contribution in [1.29, 1.82) is 0 Å². The van der Waals surface area contributed by atoms with E-state index in [1.165, 1.54) is 31.5 Å². The van der Waals surface area contributed by atoms with E-state index in [0.29, 0.717) is 0 Å². The molecule has 0 aliphatic rings. The van der Waals surface area contributed by atoms with Crippen LogP contribution in [0.1, 0.15) is 31.7 Å². The van der Waals surface area contributed by atoms with Crippen LogP contribution in [0.4, 0.5) is 0 Å². The van der Waals surface area contributed by atoms with E-state index in [0.717, 1.165) is 18.8 Å². The van der Waals surface area contributed by atoms with Crippen molar-refractivity contribution in [2.75, 3.05) is 19.7 Å². The van der Waals surface area contributed by atoms with Gasteiger partial charge in [-0.1, -0.05) is 31.5 Å². The molecule has 0 atom stereocenters. The van der Waals surface area contributed by atoms with Crippen molar-refractivity contribution in [3.63, 3.8) is 0 Å². The lowest BCUT2D eigenvalue weighted by molar-refractivity contribution is -0.655. The molecule has 0 radical (unpaired) electrons. The van der Waals surface area contributed by atoms with Crippen LogP contribution in [0.5, 0.6) is 5.75 Å². The highest BCUT2D eigenvalue weighted by molar-refractivity contribution is 5.31. The molecule has 0 amide bonds. The van der Waals surface area contributed by atoms with Gasteiger partial charge in [0.1, 0.15) is 5.75 Å². The summed E-state index contributed by atoms with van der Waals surface area (Å²) < 4.78 is 5.72. The smallest absolute Gasteiger partial charge is 0.122 e. The van der Waals surface area contributed by atoms with E-state index >= 15 is 0 Å². The Morgan fingerprint density at radius 3 is 2.62 bits per heavy atom. The zero-order valence-electron chi connectivity index (χ0n) is 10.5. The summed E-state index contributed by atoms with van der Waals surface area (Å²) in [5.41, 5.74) is 1.22. The summed E-state index contributed by atoms with van der Waals surface area (Å²) in [7, 11) is 0. The summed E-state index contributed by atoms with van der Waals surface area (Å²) in [6.07, 6.45) is 3.73. The maximum atomic E-state index is 5.72. The van der Waals surface area contributed by atoms with Gasteiger partial charge in [0, 0.05) is 6.42 Å². The molecule has 0 heterocycles. The Balaban J connectivity index is 2.05. The van der Waals surface area contributed by atoms with Crippen LogP contribution >= 0.6 is 0 Å². The van der Waals surface area contributed by atoms with Crippen molar-refractivity contribution >= 4 is 0 Å². The van der Waals surface area contributed by atoms with Crippen molar-refractivity contribution in [2.45, 2.75) is 33.1 Å². The largest absolute Gasteiger partial charge is 0.493 e. The summed E-state index contributed by atoms with van der Waals surface area (Å²) in [6, 6.07) is 8.19. The first-order chi connectivity index (χ1) is 7.84. The first-order valence-corrected chi connectivity index (χ1v) is 6.34. The van der Waals surface area contributed by atoms with Gasteiger partial charge in [-0.25, -0.2) is 0 Å². The van der Waals surface area contributed by atoms with Gasteiger partial charge < -0.3 is 10.1 Å². The summed E-state index contributed by atoms with van der Waals surface area (Å²) in [4.78, 5) is 0. The minimum absolute atomic E-state index is 0.827. The van der Waals surface area contributed by atoms with Crippen LogP contribution in [-0.4, -0.2) is 19.7 Å². The molecule has 1 aromatic rings. The van der Waals surface area contributed by atoms with E-state index in [4.69, 9.17) is 4.74 Å². The fourth-order valence-corrected chi connectivity index (χ4v) is 1.62. The summed E-state index contributed by atoms with van der Waals surface area (Å²) in [5, 5.41) is 2.38. The van der Waals surface area contributed by atoms with Crippen LogP contribution in [-0.2, 0) is 0 Å². The molecule has 0 aliphatic carbocycles. The van der Waals surface area contributed by atoms with E-state index < -0.39 is 0 Å². The van der Waals surface area contributed by atoms with Crippen LogP contribution in [0.25, 0.3) is 0 Å². The van der Waals surface area contributed by atoms with Crippen molar-refractivity contribution in [2.24, 2.45) is 0 Å². The van der Waals surface area contributed by atoms with Crippen molar-refractivity contribution < 1.29 is 10.1 Å². The summed E-state index contributed by atoms with van der Waals surface area (Å²) in [6.45, 7) is 7.57. The standard InChI is InChI=1S/C14H23NO/c1-3-4-10-15-11-7-12-16-14-9-6-5-8-13(14)2/h5-6,8-9,15H,3-4,7,10-12H2,1-2H3/p+1. The van der Waals surface area contributed by atoms with Crippen molar-refractivity contribution in [3.05, 3.63) is 29.8 Å². The van der Waals surface area contributed by atoms with Gasteiger partial charge in [0.2, 0.25) is 0 Å². The van der Waals surface area contributed by atoms with E-state index in [9.17, 15) is 0 Å². The highest BCUT2D eigenvalue weighted by Gasteiger charge is 1.97. The summed E-state index contributed by atoms with van der Waals surface area (Å²) >= 11 is 0. The van der Waals surface area contributed by atoms with Crippen molar-refractivity contribution in [1.82, 2.24) is 0 Å². The predicted molar refractivity (Wildman–Crippen MR) is 67.9 cm³/mol. The van der Waals surface area contributed by atoms with Crippen LogP contribution in [0, 0.1) is 6.92 Å². The van der Waals surface area contributed by atoms with Gasteiger partial charge >= 0.3 is 0 Å². The lowest BCUT2D eigenvalue weighted by Gasteiger charge is -2.08. The van der Waals surface area contributed by atoms with Crippen LogP contribution < -0.4 is 10.1 Å². The zero-order chi connectivity index (χ0) is 11.6. The third-order valence-corrected chi connectivity index (χ3v) is 2.67. The van der Waals surface area contributed by atoms with Crippen molar-refractivity contribution in [3.8, 4) is 5.75 Å². The van der Waals surface area contributed by atoms with Gasteiger partial charge in [0.25, 0.3) is 0 Å². The second kappa shape index (κ2) is 8.17. The molecule has 0 saturated heterocycles. The number of aryl methyl sites for hydroxylation is 1. The fourth-order valence-electron chi connectivity index (χ4n) is 1.62. The van der Waals surface area contributed by atoms with Gasteiger partial charge in [-0.2, -0.15) is 0 Å². The van der Waals surface area contributed by atoms with Gasteiger partial charge in [-0.05, 0) is 25.0 Å². The quantitative estimate of drug-likeness (QED) is 0.670. The van der Waals surface area contributed by atoms with Gasteiger partial charge in [-0.3, -0.25) is 0 Å². The first-order valence-electron chi connectivity index (χ1n) is 6.34. The minimum atomic E-state index is 0.827. The third kappa shape index (κ3) is 5.17. The highest BCUT2D eigenvalue weighted by atomic mass is 16.5. The Hall–Kier alpha value is -1.02. The average Bonchev–Trinajstić information content (AvgIpc) is 2.30. The lowest BCUT2D eigenvalue weighted by Crippen LogP contribution is -2.84. The Bertz CT molecular complexity index is 286. The van der Waals surface area contributed by atoms with Crippen LogP contribution in [0.2, 0.25) is 0 Å². The normalized spacial score (nSPS) is 10.4. The summed E-state index contributed by atoms with van der Waals surface area (Å²) in [5.74, 6) is 1.02. The number of hydrogen-bond donors (Lipinski definition) is 1. The van der Waals surface area contributed by atoms with E-state index in [2.05, 4.69) is 25.2 Å². The number of ether oxygens (including phenoxy) is 1. The molecular formula is C14H24NO+. The molecule has 0 unspecified atom stereocenters. The molecule has 0 fully saturated rings. The Morgan fingerprint density at radius 1 is 1.12 bits per heavy atom. The molecule has 0 spiro atoms. The molecule has 16 heavy (non-hydrogen) atoms. The van der Waals surface area contributed by atoms with Gasteiger partial charge in [0.05, 0.1) is 19.7 Å². The second-order valence-corrected chi connectivity index (χ2v) is 4.19. The average molecular weight is 222 g/mol. The fraction of sp³-hybridized carbons (Fsp3) is 0.571. The first kappa shape index (κ1) is 13.0. The monoisotopic (exact) mass is 222 g/mol. The molecule has 0 saturated carbocycles. The van der Waals surface area contributed by atoms with E-state index in [1.807, 2.05) is 18.2 Å². The number of benzene rings is 1. The lowest BCUT2D eigenvalue weighted by atomic mass is 10.2. The molecule has 2 nitrogen and oxygen atoms in total. The molecule has 1 aromatic carbocycles. The number of unbranched alkanes of at least 4 members (excludes halogenated alkanes) is 1. The van der Waals surface area contributed by atoms with E-state index in [-0.39, 0.29) is 0 Å². The molecule has 0 bridgehead atoms. The molecule has 90 valence electrons. The van der Waals surface area contributed by atoms with Gasteiger partial charge in [-0.15, -0.1) is 0 Å². The van der Waals surface area contributed by atoms with Gasteiger partial charge in [0.15, 0.2) is 0 Å². The second-order valence-electron chi connectivity index (χ2n) is 4.19. The topological polar surface area (TPSA) is 25.8 Å². The van der Waals surface area contributed by atoms with Crippen LogP contribution in [0.15, 0.2) is 24.3 Å². The van der Waals surface area contributed by atoms with E-state index in [1.54, 1.807) is 0 Å². The molecule has 0 aliphatic heterocycles. The third-order valence-electron chi connectivity index (χ3n) is 2.67. The predicted octanol–water partition coefficient (Wildman–Crippen LogP) is 2.13. The number of para-hydroxylation sites is 1. The molecule has 1 rings (SSSR count). The SMILES string of the molecule is CCCC[NH2+]CCCOc1ccccc1C. The molecular weight excluding hydrogens is 198 g/mol. The van der Waals surface area contributed by atoms with Crippen LogP contribution in [0.3, 0.4) is 0 Å². The molecule has 2 heteroatoms. The Morgan fingerprint density at radius 2 is 1.88 bits per heavy atom. The zero-order valence-corrected chi connectivity index (χ0v) is 10.5. The molecule has 2 N–H and O–H groups in total. The minimum Gasteiger partial charge on any atom is -0.493 e.